The predicted molar refractivity (Wildman–Crippen MR) is 156 cm³/mol. The van der Waals surface area contributed by atoms with Gasteiger partial charge in [0, 0.05) is 42.9 Å². The van der Waals surface area contributed by atoms with Crippen LogP contribution in [-0.2, 0) is 11.8 Å². The molecule has 0 aliphatic heterocycles. The number of anilines is 3. The number of carbonyl (C=O) groups excluding carboxylic acids is 1. The normalized spacial score (nSPS) is 11.0. The van der Waals surface area contributed by atoms with Crippen molar-refractivity contribution in [2.45, 2.75) is 13.8 Å². The van der Waals surface area contributed by atoms with E-state index in [0.717, 1.165) is 16.9 Å². The minimum atomic E-state index is -0.229. The van der Waals surface area contributed by atoms with Crippen LogP contribution in [0.15, 0.2) is 61.2 Å². The maximum atomic E-state index is 12.0. The molecule has 5 rings (SSSR count). The Balaban J connectivity index is 1.46. The Morgan fingerprint density at radius 2 is 1.98 bits per heavy atom. The van der Waals surface area contributed by atoms with Crippen LogP contribution < -0.4 is 24.8 Å². The summed E-state index contributed by atoms with van der Waals surface area (Å²) in [6.45, 7) is 4.54. The lowest BCUT2D eigenvalue weighted by Gasteiger charge is -2.17. The Bertz CT molecular complexity index is 1810. The number of likely N-dealkylation sites (N-methyl/N-ethyl adjacent to an activating group) is 1. The first-order valence-corrected chi connectivity index (χ1v) is 13.0. The molecular weight excluding hydrogens is 520 g/mol. The number of fused-ring (bicyclic) bond motifs is 2. The van der Waals surface area contributed by atoms with Gasteiger partial charge in [-0.15, -0.1) is 4.52 Å². The highest BCUT2D eigenvalue weighted by Crippen LogP contribution is 2.37. The van der Waals surface area contributed by atoms with Crippen LogP contribution in [0.3, 0.4) is 0 Å². The Morgan fingerprint density at radius 3 is 2.71 bits per heavy atom. The van der Waals surface area contributed by atoms with Crippen LogP contribution in [0.25, 0.3) is 16.6 Å². The van der Waals surface area contributed by atoms with E-state index >= 15 is 0 Å². The molecule has 5 aromatic rings. The van der Waals surface area contributed by atoms with Crippen molar-refractivity contribution in [2.24, 2.45) is 7.05 Å². The third-order valence-corrected chi connectivity index (χ3v) is 6.45. The lowest BCUT2D eigenvalue weighted by atomic mass is 10.1. The maximum absolute atomic E-state index is 12.0. The highest BCUT2D eigenvalue weighted by molar-refractivity contribution is 6.01. The summed E-state index contributed by atoms with van der Waals surface area (Å²) in [5, 5.41) is 16.8. The van der Waals surface area contributed by atoms with Gasteiger partial charge in [-0.25, -0.2) is 0 Å². The molecule has 0 spiro atoms. The molecule has 41 heavy (non-hydrogen) atoms. The highest BCUT2D eigenvalue weighted by atomic mass is 16.5. The Labute approximate surface area is 237 Å². The van der Waals surface area contributed by atoms with Gasteiger partial charge < -0.3 is 25.0 Å². The van der Waals surface area contributed by atoms with Crippen LogP contribution >= 0.6 is 0 Å². The third kappa shape index (κ3) is 6.03. The molecule has 0 aliphatic carbocycles. The summed E-state index contributed by atoms with van der Waals surface area (Å²) in [6.07, 6.45) is 5.17. The number of nitriles is 1. The van der Waals surface area contributed by atoms with Crippen LogP contribution in [0, 0.1) is 18.3 Å². The zero-order valence-electron chi connectivity index (χ0n) is 23.6. The number of aromatic nitrogens is 4. The van der Waals surface area contributed by atoms with Gasteiger partial charge in [-0.3, -0.25) is 9.78 Å². The molecule has 0 aliphatic rings. The van der Waals surface area contributed by atoms with E-state index in [1.165, 1.54) is 13.1 Å². The van der Waals surface area contributed by atoms with E-state index in [1.807, 2.05) is 78.7 Å². The van der Waals surface area contributed by atoms with E-state index < -0.39 is 0 Å². The van der Waals surface area contributed by atoms with Crippen molar-refractivity contribution in [3.63, 3.8) is 0 Å². The molecule has 3 aromatic heterocycles. The number of pyridine rings is 2. The standard InChI is InChI=1S/C30H30N8O3/c1-19-12-22(6-7-27(19)41-23-8-9-38-29(13-23)33-18-37(38)5)35-30-21(16-31)17-32-25-15-28(40-11-10-36(3)4)26(14-24(25)30)34-20(2)39/h6-9,12-15,17-18H,10-11H2,1-5H3,(H-,32,34,35,39)/p+1. The number of rotatable bonds is 9. The average Bonchev–Trinajstić information content (AvgIpc) is 3.30. The second-order valence-electron chi connectivity index (χ2n) is 9.95. The molecule has 3 heterocycles. The molecule has 11 nitrogen and oxygen atoms in total. The average molecular weight is 552 g/mol. The van der Waals surface area contributed by atoms with Crippen LogP contribution in [0.4, 0.5) is 17.1 Å². The van der Waals surface area contributed by atoms with Crippen LogP contribution in [-0.4, -0.2) is 52.5 Å². The first-order valence-electron chi connectivity index (χ1n) is 13.0. The van der Waals surface area contributed by atoms with Crippen molar-refractivity contribution >= 4 is 39.5 Å². The van der Waals surface area contributed by atoms with Gasteiger partial charge >= 0.3 is 6.33 Å². The molecular formula is C30H31N8O3+. The number of hydrogen-bond acceptors (Lipinski definition) is 8. The highest BCUT2D eigenvalue weighted by Gasteiger charge is 2.16. The van der Waals surface area contributed by atoms with Crippen molar-refractivity contribution in [2.75, 3.05) is 37.9 Å². The number of aryl methyl sites for hydroxylation is 2. The van der Waals surface area contributed by atoms with Gasteiger partial charge in [-0.1, -0.05) is 0 Å². The van der Waals surface area contributed by atoms with Crippen molar-refractivity contribution in [1.29, 1.82) is 5.26 Å². The van der Waals surface area contributed by atoms with Gasteiger partial charge in [0.05, 0.1) is 34.7 Å². The number of carbonyl (C=O) groups is 1. The molecule has 2 N–H and O–H groups in total. The number of hydrogen-bond donors (Lipinski definition) is 2. The second kappa shape index (κ2) is 11.5. The van der Waals surface area contributed by atoms with Gasteiger partial charge in [-0.2, -0.15) is 9.94 Å². The first-order chi connectivity index (χ1) is 19.7. The number of ether oxygens (including phenoxy) is 2. The Morgan fingerprint density at radius 1 is 1.15 bits per heavy atom. The van der Waals surface area contributed by atoms with E-state index in [-0.39, 0.29) is 5.91 Å². The molecule has 0 radical (unpaired) electrons. The largest absolute Gasteiger partial charge is 0.490 e. The monoisotopic (exact) mass is 551 g/mol. The quantitative estimate of drug-likeness (QED) is 0.260. The number of benzene rings is 2. The lowest BCUT2D eigenvalue weighted by molar-refractivity contribution is -0.739. The predicted octanol–water partition coefficient (Wildman–Crippen LogP) is 4.32. The molecule has 0 unspecified atom stereocenters. The molecule has 0 saturated carbocycles. The number of amides is 1. The van der Waals surface area contributed by atoms with Crippen molar-refractivity contribution in [3.05, 3.63) is 72.3 Å². The molecule has 0 atom stereocenters. The summed E-state index contributed by atoms with van der Waals surface area (Å²) >= 11 is 0. The van der Waals surface area contributed by atoms with E-state index in [2.05, 4.69) is 26.7 Å². The summed E-state index contributed by atoms with van der Waals surface area (Å²) in [5.74, 6) is 1.65. The van der Waals surface area contributed by atoms with Crippen molar-refractivity contribution in [1.82, 2.24) is 19.4 Å². The molecule has 208 valence electrons. The molecule has 0 fully saturated rings. The fraction of sp³-hybridized carbons (Fsp3) is 0.233. The van der Waals surface area contributed by atoms with E-state index in [4.69, 9.17) is 9.47 Å². The zero-order valence-corrected chi connectivity index (χ0v) is 23.6. The van der Waals surface area contributed by atoms with Crippen molar-refractivity contribution < 1.29 is 19.0 Å². The smallest absolute Gasteiger partial charge is 0.307 e. The summed E-state index contributed by atoms with van der Waals surface area (Å²) < 4.78 is 15.9. The summed E-state index contributed by atoms with van der Waals surface area (Å²) in [5.41, 5.74) is 4.52. The second-order valence-corrected chi connectivity index (χ2v) is 9.95. The Hall–Kier alpha value is -5.21. The summed E-state index contributed by atoms with van der Waals surface area (Å²) in [7, 11) is 5.84. The first kappa shape index (κ1) is 27.4. The molecule has 0 bridgehead atoms. The molecule has 0 saturated heterocycles. The van der Waals surface area contributed by atoms with E-state index in [9.17, 15) is 10.1 Å². The van der Waals surface area contributed by atoms with Crippen LogP contribution in [0.2, 0.25) is 0 Å². The number of nitrogens with zero attached hydrogens (tertiary/aromatic N) is 6. The van der Waals surface area contributed by atoms with Gasteiger partial charge in [-0.05, 0) is 55.8 Å². The summed E-state index contributed by atoms with van der Waals surface area (Å²) in [6, 6.07) is 15.3. The molecule has 11 heteroatoms. The molecule has 1 amide bonds. The maximum Gasteiger partial charge on any atom is 0.307 e. The van der Waals surface area contributed by atoms with E-state index in [0.29, 0.717) is 58.2 Å². The minimum Gasteiger partial charge on any atom is -0.490 e. The summed E-state index contributed by atoms with van der Waals surface area (Å²) in [4.78, 5) is 22.8. The zero-order chi connectivity index (χ0) is 29.1. The Kier molecular flexibility index (Phi) is 7.67. The van der Waals surface area contributed by atoms with Gasteiger partial charge in [0.15, 0.2) is 0 Å². The van der Waals surface area contributed by atoms with Crippen molar-refractivity contribution in [3.8, 4) is 23.3 Å². The SMILES string of the molecule is CC(=O)Nc1cc2c(Nc3ccc(Oc4ccn5c(c4)nc[n+]5C)c(C)c3)c(C#N)cnc2cc1OCCN(C)C. The minimum absolute atomic E-state index is 0.229. The topological polar surface area (TPSA) is 121 Å². The van der Waals surface area contributed by atoms with Crippen LogP contribution in [0.1, 0.15) is 18.1 Å². The van der Waals surface area contributed by atoms with E-state index in [1.54, 1.807) is 18.5 Å². The van der Waals surface area contributed by atoms with Gasteiger partial charge in [0.1, 0.15) is 37.0 Å². The molecule has 2 aromatic carbocycles. The van der Waals surface area contributed by atoms with Crippen LogP contribution in [0.5, 0.6) is 17.2 Å². The number of nitrogens with one attached hydrogen (secondary N) is 2. The van der Waals surface area contributed by atoms with Gasteiger partial charge in [0.25, 0.3) is 5.65 Å². The van der Waals surface area contributed by atoms with Gasteiger partial charge in [0.2, 0.25) is 5.91 Å². The third-order valence-electron chi connectivity index (χ3n) is 6.45. The fourth-order valence-corrected chi connectivity index (χ4v) is 4.38. The fourth-order valence-electron chi connectivity index (χ4n) is 4.38. The lowest BCUT2D eigenvalue weighted by Crippen LogP contribution is -2.33.